The van der Waals surface area contributed by atoms with Crippen molar-refractivity contribution in [2.24, 2.45) is 0 Å². The van der Waals surface area contributed by atoms with Gasteiger partial charge in [0, 0.05) is 25.0 Å². The quantitative estimate of drug-likeness (QED) is 0.428. The second-order valence-electron chi connectivity index (χ2n) is 10.0. The molecule has 0 saturated carbocycles. The van der Waals surface area contributed by atoms with Crippen LogP contribution < -0.4 is 9.80 Å². The maximum Gasteiger partial charge on any atom is 0.420 e. The Hall–Kier alpha value is -3.38. The minimum absolute atomic E-state index is 0.450. The molecule has 0 N–H and O–H groups in total. The molecule has 2 heterocycles. The smallest absolute Gasteiger partial charge is 0.420 e. The summed E-state index contributed by atoms with van der Waals surface area (Å²) in [7, 11) is 0. The molecule has 35 heavy (non-hydrogen) atoms. The molecule has 1 fully saturated rings. The number of hydrogen-bond acceptors (Lipinski definition) is 5. The highest BCUT2D eigenvalue weighted by atomic mass is 16.6. The highest BCUT2D eigenvalue weighted by Gasteiger charge is 2.29. The molecule has 0 spiro atoms. The fraction of sp³-hybridized carbons (Fsp3) is 0.379. The van der Waals surface area contributed by atoms with Crippen LogP contribution in [0.2, 0.25) is 0 Å². The maximum absolute atomic E-state index is 13.7. The van der Waals surface area contributed by atoms with Gasteiger partial charge in [-0.05, 0) is 87.6 Å². The highest BCUT2D eigenvalue weighted by Crippen LogP contribution is 2.37. The lowest BCUT2D eigenvalue weighted by Gasteiger charge is -2.32. The molecule has 3 aromatic rings. The summed E-state index contributed by atoms with van der Waals surface area (Å²) in [6.07, 6.45) is 1.37. The third-order valence-corrected chi connectivity index (χ3v) is 6.30. The van der Waals surface area contributed by atoms with Crippen molar-refractivity contribution in [3.05, 3.63) is 71.4 Å². The lowest BCUT2D eigenvalue weighted by Crippen LogP contribution is -2.37. The van der Waals surface area contributed by atoms with E-state index in [0.717, 1.165) is 52.3 Å². The molecule has 1 amide bonds. The summed E-state index contributed by atoms with van der Waals surface area (Å²) in [6.45, 7) is 14.7. The molecule has 0 unspecified atom stereocenters. The van der Waals surface area contributed by atoms with E-state index in [1.807, 2.05) is 65.1 Å². The highest BCUT2D eigenvalue weighted by molar-refractivity contribution is 5.97. The third kappa shape index (κ3) is 5.65. The average molecular weight is 474 g/mol. The Morgan fingerprint density at radius 2 is 1.66 bits per heavy atom. The number of rotatable bonds is 4. The van der Waals surface area contributed by atoms with E-state index >= 15 is 0 Å². The Balaban J connectivity index is 1.91. The van der Waals surface area contributed by atoms with Crippen LogP contribution in [0.1, 0.15) is 37.5 Å². The van der Waals surface area contributed by atoms with Crippen LogP contribution in [-0.4, -0.2) is 43.0 Å². The van der Waals surface area contributed by atoms with Crippen LogP contribution in [0.25, 0.3) is 11.1 Å². The maximum atomic E-state index is 13.7. The lowest BCUT2D eigenvalue weighted by molar-refractivity contribution is 0.0598. The standard InChI is InChI=1S/C29H35N3O3/c1-20-19-30-27(22(3)21(20)2)32(28(33)35-29(4,5)6)26-17-24(23-10-8-7-9-11-23)16-25(18-26)31-12-14-34-15-13-31/h7-11,16-19H,12-15H2,1-6H3. The van der Waals surface area contributed by atoms with Gasteiger partial charge < -0.3 is 14.4 Å². The second kappa shape index (κ2) is 10.1. The van der Waals surface area contributed by atoms with Gasteiger partial charge in [-0.25, -0.2) is 14.7 Å². The number of carbonyl (C=O) groups is 1. The predicted octanol–water partition coefficient (Wildman–Crippen LogP) is 6.58. The molecule has 2 aromatic carbocycles. The summed E-state index contributed by atoms with van der Waals surface area (Å²) < 4.78 is 11.5. The van der Waals surface area contributed by atoms with E-state index in [1.54, 1.807) is 4.90 Å². The molecule has 1 saturated heterocycles. The number of nitrogens with zero attached hydrogens (tertiary/aromatic N) is 3. The number of anilines is 3. The molecule has 1 aliphatic rings. The van der Waals surface area contributed by atoms with Gasteiger partial charge in [-0.1, -0.05) is 30.3 Å². The van der Waals surface area contributed by atoms with Crippen molar-refractivity contribution >= 4 is 23.3 Å². The summed E-state index contributed by atoms with van der Waals surface area (Å²) in [6, 6.07) is 16.5. The molecule has 6 heteroatoms. The van der Waals surface area contributed by atoms with Crippen LogP contribution in [0.5, 0.6) is 0 Å². The number of pyridine rings is 1. The fourth-order valence-electron chi connectivity index (χ4n) is 4.19. The van der Waals surface area contributed by atoms with Crippen molar-refractivity contribution in [2.75, 3.05) is 36.1 Å². The SMILES string of the molecule is Cc1cnc(N(C(=O)OC(C)(C)C)c2cc(-c3ccccc3)cc(N3CCOCC3)c2)c(C)c1C. The summed E-state index contributed by atoms with van der Waals surface area (Å²) in [5, 5.41) is 0. The molecule has 6 nitrogen and oxygen atoms in total. The van der Waals surface area contributed by atoms with Crippen LogP contribution >= 0.6 is 0 Å². The minimum atomic E-state index is -0.646. The number of morpholine rings is 1. The minimum Gasteiger partial charge on any atom is -0.443 e. The van der Waals surface area contributed by atoms with E-state index in [9.17, 15) is 4.79 Å². The van der Waals surface area contributed by atoms with Gasteiger partial charge in [0.2, 0.25) is 0 Å². The van der Waals surface area contributed by atoms with Gasteiger partial charge in [0.1, 0.15) is 11.4 Å². The van der Waals surface area contributed by atoms with Crippen LogP contribution in [0.15, 0.2) is 54.7 Å². The molecular weight excluding hydrogens is 438 g/mol. The number of benzene rings is 2. The van der Waals surface area contributed by atoms with Gasteiger partial charge in [0.05, 0.1) is 18.9 Å². The Labute approximate surface area is 208 Å². The van der Waals surface area contributed by atoms with Crippen LogP contribution in [0, 0.1) is 20.8 Å². The van der Waals surface area contributed by atoms with E-state index in [0.29, 0.717) is 19.0 Å². The summed E-state index contributed by atoms with van der Waals surface area (Å²) in [5.74, 6) is 0.584. The fourth-order valence-corrected chi connectivity index (χ4v) is 4.19. The normalized spacial score (nSPS) is 14.1. The number of ether oxygens (including phenoxy) is 2. The molecule has 184 valence electrons. The van der Waals surface area contributed by atoms with Crippen molar-refractivity contribution < 1.29 is 14.3 Å². The summed E-state index contributed by atoms with van der Waals surface area (Å²) in [5.41, 5.74) is 6.37. The zero-order valence-corrected chi connectivity index (χ0v) is 21.6. The first-order valence-corrected chi connectivity index (χ1v) is 12.1. The molecule has 1 aromatic heterocycles. The summed E-state index contributed by atoms with van der Waals surface area (Å²) in [4.78, 5) is 22.3. The van der Waals surface area contributed by atoms with Crippen molar-refractivity contribution in [2.45, 2.75) is 47.1 Å². The van der Waals surface area contributed by atoms with E-state index < -0.39 is 11.7 Å². The number of amides is 1. The first kappa shape index (κ1) is 24.7. The molecular formula is C29H35N3O3. The lowest BCUT2D eigenvalue weighted by atomic mass is 10.0. The van der Waals surface area contributed by atoms with Crippen molar-refractivity contribution in [1.29, 1.82) is 0 Å². The van der Waals surface area contributed by atoms with Crippen LogP contribution in [0.4, 0.5) is 22.0 Å². The van der Waals surface area contributed by atoms with E-state index in [1.165, 1.54) is 0 Å². The Morgan fingerprint density at radius 3 is 2.31 bits per heavy atom. The van der Waals surface area contributed by atoms with Gasteiger partial charge in [0.15, 0.2) is 0 Å². The molecule has 0 aliphatic carbocycles. The topological polar surface area (TPSA) is 54.9 Å². The monoisotopic (exact) mass is 473 g/mol. The second-order valence-corrected chi connectivity index (χ2v) is 10.0. The van der Waals surface area contributed by atoms with E-state index in [4.69, 9.17) is 14.5 Å². The molecule has 0 atom stereocenters. The predicted molar refractivity (Wildman–Crippen MR) is 142 cm³/mol. The van der Waals surface area contributed by atoms with Crippen LogP contribution in [0.3, 0.4) is 0 Å². The Morgan fingerprint density at radius 1 is 0.971 bits per heavy atom. The van der Waals surface area contributed by atoms with Gasteiger partial charge in [0.25, 0.3) is 0 Å². The van der Waals surface area contributed by atoms with Crippen molar-refractivity contribution in [3.63, 3.8) is 0 Å². The Kier molecular flexibility index (Phi) is 7.13. The van der Waals surface area contributed by atoms with Gasteiger partial charge in [-0.3, -0.25) is 0 Å². The third-order valence-electron chi connectivity index (χ3n) is 6.30. The molecule has 1 aliphatic heterocycles. The molecule has 0 bridgehead atoms. The number of hydrogen-bond donors (Lipinski definition) is 0. The molecule has 4 rings (SSSR count). The van der Waals surface area contributed by atoms with E-state index in [-0.39, 0.29) is 0 Å². The average Bonchev–Trinajstić information content (AvgIpc) is 2.84. The van der Waals surface area contributed by atoms with Gasteiger partial charge in [-0.15, -0.1) is 0 Å². The molecule has 0 radical (unpaired) electrons. The first-order valence-electron chi connectivity index (χ1n) is 12.1. The van der Waals surface area contributed by atoms with Crippen molar-refractivity contribution in [1.82, 2.24) is 4.98 Å². The zero-order chi connectivity index (χ0) is 25.2. The number of aromatic nitrogens is 1. The van der Waals surface area contributed by atoms with E-state index in [2.05, 4.69) is 36.1 Å². The number of carbonyl (C=O) groups excluding carboxylic acids is 1. The summed E-state index contributed by atoms with van der Waals surface area (Å²) >= 11 is 0. The van der Waals surface area contributed by atoms with Gasteiger partial charge >= 0.3 is 6.09 Å². The first-order chi connectivity index (χ1) is 16.6. The zero-order valence-electron chi connectivity index (χ0n) is 21.6. The van der Waals surface area contributed by atoms with Crippen LogP contribution in [-0.2, 0) is 9.47 Å². The number of aryl methyl sites for hydroxylation is 1. The Bertz CT molecular complexity index is 1200. The van der Waals surface area contributed by atoms with Gasteiger partial charge in [-0.2, -0.15) is 0 Å². The largest absolute Gasteiger partial charge is 0.443 e. The van der Waals surface area contributed by atoms with Crippen molar-refractivity contribution in [3.8, 4) is 11.1 Å².